The molecule has 0 saturated carbocycles. The van der Waals surface area contributed by atoms with Crippen molar-refractivity contribution in [2.75, 3.05) is 32.7 Å². The molecule has 1 heterocycles. The zero-order valence-electron chi connectivity index (χ0n) is 16.5. The highest BCUT2D eigenvalue weighted by Crippen LogP contribution is 2.20. The molecule has 2 aromatic rings. The Kier molecular flexibility index (Phi) is 7.24. The van der Waals surface area contributed by atoms with Crippen LogP contribution in [-0.2, 0) is 14.8 Å². The Bertz CT molecular complexity index is 1030. The number of phenolic OH excluding ortho intramolecular Hbond substituents is 1. The van der Waals surface area contributed by atoms with Crippen LogP contribution in [0.5, 0.6) is 5.75 Å². The third-order valence-electron chi connectivity index (χ3n) is 4.79. The summed E-state index contributed by atoms with van der Waals surface area (Å²) in [6.45, 7) is 3.33. The van der Waals surface area contributed by atoms with Crippen molar-refractivity contribution in [3.63, 3.8) is 0 Å². The zero-order valence-corrected chi connectivity index (χ0v) is 18.9. The van der Waals surface area contributed by atoms with E-state index in [1.807, 2.05) is 4.90 Å². The van der Waals surface area contributed by atoms with Crippen molar-refractivity contribution in [1.82, 2.24) is 14.6 Å². The SMILES string of the molecule is C/C(=N\NC(=O)CN1CCN(S(=O)(=O)c2ccc(Br)cc2)CC1)c1ccccc1O. The summed E-state index contributed by atoms with van der Waals surface area (Å²) in [6, 6.07) is 13.3. The van der Waals surface area contributed by atoms with E-state index in [2.05, 4.69) is 26.5 Å². The summed E-state index contributed by atoms with van der Waals surface area (Å²) >= 11 is 3.30. The van der Waals surface area contributed by atoms with E-state index in [9.17, 15) is 18.3 Å². The quantitative estimate of drug-likeness (QED) is 0.472. The lowest BCUT2D eigenvalue weighted by molar-refractivity contribution is -0.122. The molecule has 2 aromatic carbocycles. The highest BCUT2D eigenvalue weighted by Gasteiger charge is 2.29. The summed E-state index contributed by atoms with van der Waals surface area (Å²) in [5, 5.41) is 13.9. The number of para-hydroxylation sites is 1. The predicted octanol–water partition coefficient (Wildman–Crippen LogP) is 2.00. The third kappa shape index (κ3) is 5.45. The van der Waals surface area contributed by atoms with Gasteiger partial charge in [0.05, 0.1) is 17.2 Å². The molecule has 0 atom stereocenters. The number of amides is 1. The summed E-state index contributed by atoms with van der Waals surface area (Å²) in [5.41, 5.74) is 3.53. The predicted molar refractivity (Wildman–Crippen MR) is 118 cm³/mol. The van der Waals surface area contributed by atoms with E-state index in [4.69, 9.17) is 0 Å². The molecule has 1 saturated heterocycles. The number of aromatic hydroxyl groups is 1. The molecule has 0 bridgehead atoms. The van der Waals surface area contributed by atoms with Crippen LogP contribution in [0.4, 0.5) is 0 Å². The molecule has 160 valence electrons. The third-order valence-corrected chi connectivity index (χ3v) is 7.23. The normalized spacial score (nSPS) is 16.4. The zero-order chi connectivity index (χ0) is 21.7. The molecular formula is C20H23BrN4O4S. The summed E-state index contributed by atoms with van der Waals surface area (Å²) in [4.78, 5) is 14.3. The lowest BCUT2D eigenvalue weighted by Gasteiger charge is -2.33. The van der Waals surface area contributed by atoms with Crippen LogP contribution >= 0.6 is 15.9 Å². The van der Waals surface area contributed by atoms with Gasteiger partial charge in [0.1, 0.15) is 5.75 Å². The van der Waals surface area contributed by atoms with Crippen LogP contribution in [0.15, 0.2) is 63.0 Å². The second-order valence-electron chi connectivity index (χ2n) is 6.88. The molecule has 30 heavy (non-hydrogen) atoms. The van der Waals surface area contributed by atoms with Gasteiger partial charge in [-0.2, -0.15) is 9.41 Å². The van der Waals surface area contributed by atoms with E-state index in [0.717, 1.165) is 4.47 Å². The number of carbonyl (C=O) groups is 1. The Morgan fingerprint density at radius 1 is 1.10 bits per heavy atom. The first-order chi connectivity index (χ1) is 14.3. The standard InChI is InChI=1S/C20H23BrN4O4S/c1-15(18-4-2-3-5-19(18)26)22-23-20(27)14-24-10-12-25(13-11-24)30(28,29)17-8-6-16(21)7-9-17/h2-9,26H,10-14H2,1H3,(H,23,27)/b22-15+. The topological polar surface area (TPSA) is 102 Å². The number of nitrogens with zero attached hydrogens (tertiary/aromatic N) is 3. The molecule has 3 rings (SSSR count). The van der Waals surface area contributed by atoms with E-state index in [1.165, 1.54) is 4.31 Å². The van der Waals surface area contributed by atoms with Crippen LogP contribution in [0.2, 0.25) is 0 Å². The maximum absolute atomic E-state index is 12.7. The maximum atomic E-state index is 12.7. The van der Waals surface area contributed by atoms with Crippen molar-refractivity contribution in [2.45, 2.75) is 11.8 Å². The van der Waals surface area contributed by atoms with Gasteiger partial charge in [0.2, 0.25) is 10.0 Å². The molecule has 1 aliphatic rings. The molecule has 0 aromatic heterocycles. The molecule has 2 N–H and O–H groups in total. The molecule has 1 aliphatic heterocycles. The summed E-state index contributed by atoms with van der Waals surface area (Å²) in [5.74, 6) is -0.204. The van der Waals surface area contributed by atoms with Gasteiger partial charge < -0.3 is 5.11 Å². The fraction of sp³-hybridized carbons (Fsp3) is 0.300. The van der Waals surface area contributed by atoms with Gasteiger partial charge in [0, 0.05) is 36.2 Å². The largest absolute Gasteiger partial charge is 0.507 e. The van der Waals surface area contributed by atoms with Crippen LogP contribution in [0.1, 0.15) is 12.5 Å². The number of hydrogen-bond acceptors (Lipinski definition) is 6. The van der Waals surface area contributed by atoms with Crippen molar-refractivity contribution in [1.29, 1.82) is 0 Å². The maximum Gasteiger partial charge on any atom is 0.254 e. The van der Waals surface area contributed by atoms with E-state index >= 15 is 0 Å². The Morgan fingerprint density at radius 3 is 2.37 bits per heavy atom. The smallest absolute Gasteiger partial charge is 0.254 e. The molecule has 1 fully saturated rings. The average Bonchev–Trinajstić information content (AvgIpc) is 2.73. The highest BCUT2D eigenvalue weighted by molar-refractivity contribution is 9.10. The van der Waals surface area contributed by atoms with Gasteiger partial charge in [-0.1, -0.05) is 28.1 Å². The van der Waals surface area contributed by atoms with Crippen molar-refractivity contribution in [3.8, 4) is 5.75 Å². The Morgan fingerprint density at radius 2 is 1.73 bits per heavy atom. The minimum Gasteiger partial charge on any atom is -0.507 e. The minimum absolute atomic E-state index is 0.0936. The molecule has 0 spiro atoms. The summed E-state index contributed by atoms with van der Waals surface area (Å²) in [6.07, 6.45) is 0. The summed E-state index contributed by atoms with van der Waals surface area (Å²) in [7, 11) is -3.55. The first kappa shape index (κ1) is 22.4. The van der Waals surface area contributed by atoms with Crippen molar-refractivity contribution in [2.24, 2.45) is 5.10 Å². The van der Waals surface area contributed by atoms with E-state index in [1.54, 1.807) is 55.5 Å². The van der Waals surface area contributed by atoms with Gasteiger partial charge in [-0.25, -0.2) is 13.8 Å². The number of carbonyl (C=O) groups excluding carboxylic acids is 1. The Labute approximate surface area is 184 Å². The summed E-state index contributed by atoms with van der Waals surface area (Å²) < 4.78 is 27.7. The second kappa shape index (κ2) is 9.69. The number of benzene rings is 2. The van der Waals surface area contributed by atoms with E-state index in [0.29, 0.717) is 37.5 Å². The molecule has 10 heteroatoms. The van der Waals surface area contributed by atoms with E-state index in [-0.39, 0.29) is 23.1 Å². The number of piperazine rings is 1. The molecule has 1 amide bonds. The molecule has 0 aliphatic carbocycles. The first-order valence-corrected chi connectivity index (χ1v) is 11.6. The lowest BCUT2D eigenvalue weighted by Crippen LogP contribution is -2.50. The average molecular weight is 495 g/mol. The fourth-order valence-corrected chi connectivity index (χ4v) is 4.79. The minimum atomic E-state index is -3.55. The Balaban J connectivity index is 1.52. The Hall–Kier alpha value is -2.27. The highest BCUT2D eigenvalue weighted by atomic mass is 79.9. The molecule has 0 unspecified atom stereocenters. The number of hydrogen-bond donors (Lipinski definition) is 2. The number of rotatable bonds is 6. The fourth-order valence-electron chi connectivity index (χ4n) is 3.11. The lowest BCUT2D eigenvalue weighted by atomic mass is 10.1. The van der Waals surface area contributed by atoms with Gasteiger partial charge in [0.25, 0.3) is 5.91 Å². The van der Waals surface area contributed by atoms with Gasteiger partial charge in [0.15, 0.2) is 0 Å². The van der Waals surface area contributed by atoms with Crippen LogP contribution < -0.4 is 5.43 Å². The van der Waals surface area contributed by atoms with Gasteiger partial charge >= 0.3 is 0 Å². The number of nitrogens with one attached hydrogen (secondary N) is 1. The van der Waals surface area contributed by atoms with Crippen molar-refractivity contribution < 1.29 is 18.3 Å². The van der Waals surface area contributed by atoms with Gasteiger partial charge in [-0.05, 0) is 43.3 Å². The van der Waals surface area contributed by atoms with Crippen LogP contribution in [0, 0.1) is 0 Å². The number of hydrazone groups is 1. The van der Waals surface area contributed by atoms with Crippen LogP contribution in [-0.4, -0.2) is 67.1 Å². The van der Waals surface area contributed by atoms with E-state index < -0.39 is 10.0 Å². The number of sulfonamides is 1. The number of phenols is 1. The monoisotopic (exact) mass is 494 g/mol. The molecular weight excluding hydrogens is 472 g/mol. The molecule has 0 radical (unpaired) electrons. The van der Waals surface area contributed by atoms with Crippen LogP contribution in [0.25, 0.3) is 0 Å². The van der Waals surface area contributed by atoms with Crippen molar-refractivity contribution >= 4 is 37.6 Å². The van der Waals surface area contributed by atoms with Gasteiger partial charge in [-0.15, -0.1) is 0 Å². The van der Waals surface area contributed by atoms with Crippen molar-refractivity contribution in [3.05, 3.63) is 58.6 Å². The van der Waals surface area contributed by atoms with Gasteiger partial charge in [-0.3, -0.25) is 9.69 Å². The second-order valence-corrected chi connectivity index (χ2v) is 9.74. The first-order valence-electron chi connectivity index (χ1n) is 9.37. The molecule has 8 nitrogen and oxygen atoms in total. The number of halogens is 1. The van der Waals surface area contributed by atoms with Crippen LogP contribution in [0.3, 0.4) is 0 Å².